The number of nitrogens with one attached hydrogen (secondary N) is 1. The molecule has 0 atom stereocenters. The highest BCUT2D eigenvalue weighted by molar-refractivity contribution is 6.28. The standard InChI is InChI=1S/C9H13ClF3N5/c1-3-4-18(5-9(11,12)13)8-16-6(10)15-7(14-2)17-8/h3-5H2,1-2H3,(H,14,15,16,17). The number of rotatable bonds is 5. The van der Waals surface area contributed by atoms with E-state index in [0.717, 1.165) is 4.90 Å². The Bertz CT molecular complexity index is 398. The lowest BCUT2D eigenvalue weighted by Gasteiger charge is -2.23. The minimum Gasteiger partial charge on any atom is -0.357 e. The van der Waals surface area contributed by atoms with Crippen molar-refractivity contribution < 1.29 is 13.2 Å². The minimum absolute atomic E-state index is 0.0847. The molecule has 0 bridgehead atoms. The number of anilines is 2. The highest BCUT2D eigenvalue weighted by Crippen LogP contribution is 2.21. The summed E-state index contributed by atoms with van der Waals surface area (Å²) in [6, 6.07) is 0. The van der Waals surface area contributed by atoms with Gasteiger partial charge in [-0.2, -0.15) is 28.1 Å². The molecule has 1 rings (SSSR count). The highest BCUT2D eigenvalue weighted by Gasteiger charge is 2.31. The Kier molecular flexibility index (Phi) is 4.94. The zero-order valence-corrected chi connectivity index (χ0v) is 10.7. The summed E-state index contributed by atoms with van der Waals surface area (Å²) < 4.78 is 37.3. The summed E-state index contributed by atoms with van der Waals surface area (Å²) in [5.41, 5.74) is 0. The lowest BCUT2D eigenvalue weighted by atomic mass is 10.4. The molecule has 0 aliphatic rings. The molecule has 0 saturated heterocycles. The average Bonchev–Trinajstić information content (AvgIpc) is 2.26. The molecule has 0 aliphatic heterocycles. The monoisotopic (exact) mass is 283 g/mol. The quantitative estimate of drug-likeness (QED) is 0.899. The second-order valence-corrected chi connectivity index (χ2v) is 3.85. The maximum atomic E-state index is 12.4. The maximum absolute atomic E-state index is 12.4. The summed E-state index contributed by atoms with van der Waals surface area (Å²) >= 11 is 5.63. The third-order valence-corrected chi connectivity index (χ3v) is 2.14. The van der Waals surface area contributed by atoms with Gasteiger partial charge in [-0.1, -0.05) is 6.92 Å². The molecule has 5 nitrogen and oxygen atoms in total. The first kappa shape index (κ1) is 14.7. The Morgan fingerprint density at radius 1 is 1.28 bits per heavy atom. The van der Waals surface area contributed by atoms with Crippen LogP contribution in [-0.4, -0.2) is 41.3 Å². The van der Waals surface area contributed by atoms with Gasteiger partial charge >= 0.3 is 6.18 Å². The van der Waals surface area contributed by atoms with Crippen LogP contribution >= 0.6 is 11.6 Å². The van der Waals surface area contributed by atoms with Gasteiger partial charge in [-0.3, -0.25) is 0 Å². The first-order valence-electron chi connectivity index (χ1n) is 5.26. The molecule has 18 heavy (non-hydrogen) atoms. The van der Waals surface area contributed by atoms with Crippen LogP contribution in [0, 0.1) is 0 Å². The van der Waals surface area contributed by atoms with Gasteiger partial charge in [0.05, 0.1) is 0 Å². The van der Waals surface area contributed by atoms with Gasteiger partial charge < -0.3 is 10.2 Å². The van der Waals surface area contributed by atoms with Crippen molar-refractivity contribution in [2.24, 2.45) is 0 Å². The van der Waals surface area contributed by atoms with Crippen LogP contribution in [0.1, 0.15) is 13.3 Å². The predicted molar refractivity (Wildman–Crippen MR) is 62.9 cm³/mol. The zero-order valence-electron chi connectivity index (χ0n) is 9.92. The van der Waals surface area contributed by atoms with Gasteiger partial charge in [-0.25, -0.2) is 0 Å². The second kappa shape index (κ2) is 6.03. The molecular formula is C9H13ClF3N5. The Hall–Kier alpha value is -1.31. The Balaban J connectivity index is 3.01. The topological polar surface area (TPSA) is 53.9 Å². The van der Waals surface area contributed by atoms with Crippen LogP contribution in [0.25, 0.3) is 0 Å². The van der Waals surface area contributed by atoms with Crippen molar-refractivity contribution in [1.29, 1.82) is 0 Å². The fourth-order valence-electron chi connectivity index (χ4n) is 1.33. The van der Waals surface area contributed by atoms with E-state index in [1.54, 1.807) is 14.0 Å². The smallest absolute Gasteiger partial charge is 0.357 e. The minimum atomic E-state index is -4.33. The molecule has 9 heteroatoms. The number of halogens is 4. The Morgan fingerprint density at radius 2 is 1.94 bits per heavy atom. The maximum Gasteiger partial charge on any atom is 0.406 e. The van der Waals surface area contributed by atoms with E-state index in [0.29, 0.717) is 6.42 Å². The van der Waals surface area contributed by atoms with Gasteiger partial charge in [0.2, 0.25) is 17.2 Å². The molecule has 1 heterocycles. The van der Waals surface area contributed by atoms with E-state index in [2.05, 4.69) is 20.3 Å². The molecule has 1 aromatic heterocycles. The van der Waals surface area contributed by atoms with Gasteiger partial charge in [0, 0.05) is 13.6 Å². The van der Waals surface area contributed by atoms with Crippen molar-refractivity contribution >= 4 is 23.5 Å². The molecule has 0 aromatic carbocycles. The molecule has 0 aliphatic carbocycles. The van der Waals surface area contributed by atoms with Gasteiger partial charge in [0.15, 0.2) is 0 Å². The molecule has 0 unspecified atom stereocenters. The van der Waals surface area contributed by atoms with Crippen molar-refractivity contribution in [3.05, 3.63) is 5.28 Å². The zero-order chi connectivity index (χ0) is 13.8. The first-order chi connectivity index (χ1) is 8.35. The van der Waals surface area contributed by atoms with Crippen LogP contribution in [0.3, 0.4) is 0 Å². The summed E-state index contributed by atoms with van der Waals surface area (Å²) in [5, 5.41) is 2.47. The van der Waals surface area contributed by atoms with Crippen molar-refractivity contribution in [2.45, 2.75) is 19.5 Å². The summed E-state index contributed by atoms with van der Waals surface area (Å²) in [5.74, 6) is 0.0480. The van der Waals surface area contributed by atoms with Gasteiger partial charge in [-0.05, 0) is 18.0 Å². The van der Waals surface area contributed by atoms with Gasteiger partial charge in [-0.15, -0.1) is 0 Å². The van der Waals surface area contributed by atoms with Crippen LogP contribution < -0.4 is 10.2 Å². The lowest BCUT2D eigenvalue weighted by Crippen LogP contribution is -2.36. The summed E-state index contributed by atoms with van der Waals surface area (Å²) in [7, 11) is 1.55. The van der Waals surface area contributed by atoms with E-state index in [9.17, 15) is 13.2 Å². The van der Waals surface area contributed by atoms with Crippen LogP contribution in [-0.2, 0) is 0 Å². The van der Waals surface area contributed by atoms with Crippen LogP contribution in [0.5, 0.6) is 0 Å². The first-order valence-corrected chi connectivity index (χ1v) is 5.64. The van der Waals surface area contributed by atoms with Crippen molar-refractivity contribution in [3.8, 4) is 0 Å². The third-order valence-electron chi connectivity index (χ3n) is 1.97. The van der Waals surface area contributed by atoms with Crippen molar-refractivity contribution in [2.75, 3.05) is 30.4 Å². The van der Waals surface area contributed by atoms with Gasteiger partial charge in [0.1, 0.15) is 6.54 Å². The Morgan fingerprint density at radius 3 is 2.44 bits per heavy atom. The number of hydrogen-bond donors (Lipinski definition) is 1. The van der Waals surface area contributed by atoms with Gasteiger partial charge in [0.25, 0.3) is 0 Å². The number of alkyl halides is 3. The van der Waals surface area contributed by atoms with Crippen LogP contribution in [0.4, 0.5) is 25.1 Å². The van der Waals surface area contributed by atoms with E-state index in [4.69, 9.17) is 11.6 Å². The van der Waals surface area contributed by atoms with Crippen molar-refractivity contribution in [3.63, 3.8) is 0 Å². The van der Waals surface area contributed by atoms with E-state index in [1.165, 1.54) is 0 Å². The van der Waals surface area contributed by atoms with Crippen LogP contribution in [0.2, 0.25) is 5.28 Å². The predicted octanol–water partition coefficient (Wildman–Crippen LogP) is 2.35. The summed E-state index contributed by atoms with van der Waals surface area (Å²) in [4.78, 5) is 12.3. The fraction of sp³-hybridized carbons (Fsp3) is 0.667. The molecular weight excluding hydrogens is 271 g/mol. The van der Waals surface area contributed by atoms with Crippen LogP contribution in [0.15, 0.2) is 0 Å². The Labute approximate surface area is 107 Å². The third kappa shape index (κ3) is 4.52. The van der Waals surface area contributed by atoms with E-state index in [-0.39, 0.29) is 23.7 Å². The molecule has 0 fully saturated rings. The summed E-state index contributed by atoms with van der Waals surface area (Å²) in [6.07, 6.45) is -3.79. The normalized spacial score (nSPS) is 11.4. The molecule has 102 valence electrons. The molecule has 0 radical (unpaired) electrons. The fourth-order valence-corrected chi connectivity index (χ4v) is 1.48. The SMILES string of the molecule is CCCN(CC(F)(F)F)c1nc(Cl)nc(NC)n1. The average molecular weight is 284 g/mol. The van der Waals surface area contributed by atoms with E-state index in [1.807, 2.05) is 0 Å². The van der Waals surface area contributed by atoms with Crippen molar-refractivity contribution in [1.82, 2.24) is 15.0 Å². The summed E-state index contributed by atoms with van der Waals surface area (Å²) in [6.45, 7) is 0.832. The largest absolute Gasteiger partial charge is 0.406 e. The molecule has 1 aromatic rings. The van der Waals surface area contributed by atoms with E-state index >= 15 is 0 Å². The number of nitrogens with zero attached hydrogens (tertiary/aromatic N) is 4. The number of aromatic nitrogens is 3. The second-order valence-electron chi connectivity index (χ2n) is 3.51. The molecule has 0 spiro atoms. The lowest BCUT2D eigenvalue weighted by molar-refractivity contribution is -0.119. The van der Waals surface area contributed by atoms with E-state index < -0.39 is 12.7 Å². The highest BCUT2D eigenvalue weighted by atomic mass is 35.5. The molecule has 0 saturated carbocycles. The molecule has 0 amide bonds. The number of hydrogen-bond acceptors (Lipinski definition) is 5. The molecule has 1 N–H and O–H groups in total.